The molecule has 0 bridgehead atoms. The maximum absolute atomic E-state index is 6.19. The average Bonchev–Trinajstić information content (AvgIpc) is 2.62. The lowest BCUT2D eigenvalue weighted by molar-refractivity contribution is -0.0947. The predicted octanol–water partition coefficient (Wildman–Crippen LogP) is 4.96. The lowest BCUT2D eigenvalue weighted by Crippen LogP contribution is -2.40. The molecule has 0 N–H and O–H groups in total. The number of rotatable bonds is 7. The SMILES string of the molecule is CCOC(C)(C)CCOC1CCC1C1CCCCCC1. The molecule has 0 aliphatic heterocycles. The summed E-state index contributed by atoms with van der Waals surface area (Å²) in [6.45, 7) is 8.06. The normalized spacial score (nSPS) is 28.9. The first-order valence-corrected chi connectivity index (χ1v) is 8.88. The molecule has 2 saturated carbocycles. The van der Waals surface area contributed by atoms with Crippen molar-refractivity contribution >= 4 is 0 Å². The maximum atomic E-state index is 6.19. The fraction of sp³-hybridized carbons (Fsp3) is 1.00. The minimum atomic E-state index is -0.0314. The quantitative estimate of drug-likeness (QED) is 0.615. The van der Waals surface area contributed by atoms with Crippen LogP contribution in [0, 0.1) is 11.8 Å². The van der Waals surface area contributed by atoms with Crippen LogP contribution in [0.3, 0.4) is 0 Å². The lowest BCUT2D eigenvalue weighted by atomic mass is 9.70. The van der Waals surface area contributed by atoms with Gasteiger partial charge in [-0.15, -0.1) is 0 Å². The van der Waals surface area contributed by atoms with Crippen LogP contribution < -0.4 is 0 Å². The molecule has 2 aliphatic rings. The lowest BCUT2D eigenvalue weighted by Gasteiger charge is -2.42. The van der Waals surface area contributed by atoms with Crippen molar-refractivity contribution in [1.82, 2.24) is 0 Å². The first-order valence-electron chi connectivity index (χ1n) is 8.88. The van der Waals surface area contributed by atoms with Crippen LogP contribution in [-0.4, -0.2) is 24.9 Å². The Morgan fingerprint density at radius 1 is 0.950 bits per heavy atom. The van der Waals surface area contributed by atoms with E-state index in [-0.39, 0.29) is 5.60 Å². The fourth-order valence-electron chi connectivity index (χ4n) is 3.90. The standard InChI is InChI=1S/C18H34O2/c1-4-20-18(2,3)13-14-19-17-12-11-16(17)15-9-7-5-6-8-10-15/h15-17H,4-14H2,1-3H3. The Morgan fingerprint density at radius 3 is 2.20 bits per heavy atom. The molecule has 20 heavy (non-hydrogen) atoms. The van der Waals surface area contributed by atoms with Gasteiger partial charge in [0.2, 0.25) is 0 Å². The van der Waals surface area contributed by atoms with Gasteiger partial charge in [0, 0.05) is 13.2 Å². The van der Waals surface area contributed by atoms with E-state index in [0.29, 0.717) is 6.10 Å². The predicted molar refractivity (Wildman–Crippen MR) is 84.0 cm³/mol. The van der Waals surface area contributed by atoms with Crippen LogP contribution in [0.1, 0.15) is 78.6 Å². The summed E-state index contributed by atoms with van der Waals surface area (Å²) in [5.74, 6) is 1.82. The van der Waals surface area contributed by atoms with Crippen LogP contribution >= 0.6 is 0 Å². The molecular weight excluding hydrogens is 248 g/mol. The highest BCUT2D eigenvalue weighted by Gasteiger charge is 2.37. The third kappa shape index (κ3) is 4.73. The van der Waals surface area contributed by atoms with Crippen LogP contribution in [0.5, 0.6) is 0 Å². The van der Waals surface area contributed by atoms with Crippen LogP contribution in [0.4, 0.5) is 0 Å². The highest BCUT2D eigenvalue weighted by Crippen LogP contribution is 2.42. The second-order valence-corrected chi connectivity index (χ2v) is 7.34. The summed E-state index contributed by atoms with van der Waals surface area (Å²) in [6.07, 6.45) is 13.0. The van der Waals surface area contributed by atoms with Gasteiger partial charge in [-0.05, 0) is 51.9 Å². The van der Waals surface area contributed by atoms with Gasteiger partial charge in [0.05, 0.1) is 11.7 Å². The summed E-state index contributed by atoms with van der Waals surface area (Å²) >= 11 is 0. The van der Waals surface area contributed by atoms with Gasteiger partial charge in [0.25, 0.3) is 0 Å². The summed E-state index contributed by atoms with van der Waals surface area (Å²) in [5, 5.41) is 0. The van der Waals surface area contributed by atoms with E-state index in [1.165, 1.54) is 51.4 Å². The zero-order valence-electron chi connectivity index (χ0n) is 13.8. The van der Waals surface area contributed by atoms with Crippen molar-refractivity contribution in [1.29, 1.82) is 0 Å². The Morgan fingerprint density at radius 2 is 1.65 bits per heavy atom. The van der Waals surface area contributed by atoms with E-state index in [2.05, 4.69) is 20.8 Å². The van der Waals surface area contributed by atoms with Gasteiger partial charge < -0.3 is 9.47 Å². The van der Waals surface area contributed by atoms with E-state index in [1.807, 2.05) is 0 Å². The summed E-state index contributed by atoms with van der Waals surface area (Å²) in [6, 6.07) is 0. The van der Waals surface area contributed by atoms with Gasteiger partial charge in [-0.1, -0.05) is 38.5 Å². The van der Waals surface area contributed by atoms with Crippen molar-refractivity contribution in [2.45, 2.75) is 90.3 Å². The summed E-state index contributed by atoms with van der Waals surface area (Å²) in [5.41, 5.74) is -0.0314. The third-order valence-electron chi connectivity index (χ3n) is 5.34. The first-order chi connectivity index (χ1) is 9.62. The number of hydrogen-bond acceptors (Lipinski definition) is 2. The zero-order valence-corrected chi connectivity index (χ0v) is 13.8. The molecule has 2 aliphatic carbocycles. The second-order valence-electron chi connectivity index (χ2n) is 7.34. The second kappa shape index (κ2) is 7.79. The zero-order chi connectivity index (χ0) is 14.4. The van der Waals surface area contributed by atoms with Crippen LogP contribution in [-0.2, 0) is 9.47 Å². The molecule has 0 amide bonds. The van der Waals surface area contributed by atoms with Crippen LogP contribution in [0.15, 0.2) is 0 Å². The van der Waals surface area contributed by atoms with E-state index in [0.717, 1.165) is 31.5 Å². The Bertz CT molecular complexity index is 267. The van der Waals surface area contributed by atoms with Gasteiger partial charge in [-0.3, -0.25) is 0 Å². The Balaban J connectivity index is 1.68. The van der Waals surface area contributed by atoms with Crippen molar-refractivity contribution in [2.75, 3.05) is 13.2 Å². The van der Waals surface area contributed by atoms with E-state index in [1.54, 1.807) is 0 Å². The van der Waals surface area contributed by atoms with E-state index in [9.17, 15) is 0 Å². The molecule has 2 heteroatoms. The van der Waals surface area contributed by atoms with Gasteiger partial charge in [0.15, 0.2) is 0 Å². The summed E-state index contributed by atoms with van der Waals surface area (Å²) in [4.78, 5) is 0. The van der Waals surface area contributed by atoms with Crippen LogP contribution in [0.2, 0.25) is 0 Å². The third-order valence-corrected chi connectivity index (χ3v) is 5.34. The highest BCUT2D eigenvalue weighted by atomic mass is 16.5. The summed E-state index contributed by atoms with van der Waals surface area (Å²) < 4.78 is 11.9. The van der Waals surface area contributed by atoms with E-state index < -0.39 is 0 Å². The molecule has 2 fully saturated rings. The average molecular weight is 282 g/mol. The molecule has 0 aromatic carbocycles. The molecule has 118 valence electrons. The molecular formula is C18H34O2. The molecule has 0 aromatic rings. The molecule has 2 atom stereocenters. The van der Waals surface area contributed by atoms with Gasteiger partial charge >= 0.3 is 0 Å². The Kier molecular flexibility index (Phi) is 6.35. The van der Waals surface area contributed by atoms with Crippen molar-refractivity contribution in [3.8, 4) is 0 Å². The van der Waals surface area contributed by atoms with Crippen molar-refractivity contribution < 1.29 is 9.47 Å². The highest BCUT2D eigenvalue weighted by molar-refractivity contribution is 4.88. The Labute approximate surface area is 125 Å². The Hall–Kier alpha value is -0.0800. The monoisotopic (exact) mass is 282 g/mol. The van der Waals surface area contributed by atoms with Gasteiger partial charge in [-0.25, -0.2) is 0 Å². The van der Waals surface area contributed by atoms with Crippen molar-refractivity contribution in [3.63, 3.8) is 0 Å². The van der Waals surface area contributed by atoms with E-state index in [4.69, 9.17) is 9.47 Å². The van der Waals surface area contributed by atoms with Gasteiger partial charge in [-0.2, -0.15) is 0 Å². The smallest absolute Gasteiger partial charge is 0.0648 e. The molecule has 0 spiro atoms. The summed E-state index contributed by atoms with van der Waals surface area (Å²) in [7, 11) is 0. The van der Waals surface area contributed by atoms with Crippen molar-refractivity contribution in [2.24, 2.45) is 11.8 Å². The topological polar surface area (TPSA) is 18.5 Å². The molecule has 2 rings (SSSR count). The molecule has 0 aromatic heterocycles. The van der Waals surface area contributed by atoms with Crippen molar-refractivity contribution in [3.05, 3.63) is 0 Å². The molecule has 0 saturated heterocycles. The first kappa shape index (κ1) is 16.3. The molecule has 0 heterocycles. The maximum Gasteiger partial charge on any atom is 0.0648 e. The largest absolute Gasteiger partial charge is 0.378 e. The molecule has 2 unspecified atom stereocenters. The number of hydrogen-bond donors (Lipinski definition) is 0. The van der Waals surface area contributed by atoms with Gasteiger partial charge in [0.1, 0.15) is 0 Å². The van der Waals surface area contributed by atoms with E-state index >= 15 is 0 Å². The number of ether oxygens (including phenoxy) is 2. The molecule has 0 radical (unpaired) electrons. The minimum absolute atomic E-state index is 0.0314. The minimum Gasteiger partial charge on any atom is -0.378 e. The fourth-order valence-corrected chi connectivity index (χ4v) is 3.90. The molecule has 2 nitrogen and oxygen atoms in total. The van der Waals surface area contributed by atoms with Crippen LogP contribution in [0.25, 0.3) is 0 Å².